The number of para-hydroxylation sites is 1. The molecule has 0 aliphatic heterocycles. The fourth-order valence-electron chi connectivity index (χ4n) is 2.61. The minimum Gasteiger partial charge on any atom is -0.182 e. The zero-order chi connectivity index (χ0) is 14.8. The number of hydrogen-bond acceptors (Lipinski definition) is 1. The van der Waals surface area contributed by atoms with Gasteiger partial charge in [-0.1, -0.05) is 65.4 Å². The number of hydrogen-bond donors (Lipinski definition) is 0. The molecule has 3 heteroatoms. The molecule has 106 valence electrons. The van der Waals surface area contributed by atoms with Crippen molar-refractivity contribution >= 4 is 38.7 Å². The van der Waals surface area contributed by atoms with Crippen LogP contribution in [0.1, 0.15) is 24.4 Å². The lowest BCUT2D eigenvalue weighted by atomic mass is 10.1. The molecule has 1 aromatic heterocycles. The molecule has 0 bridgehead atoms. The number of aromatic nitrogens is 1. The SMILES string of the molecule is CC[n+]1c(C(=C(C)Cl)c2ccccc2)sc2ccccc21. The Morgan fingerprint density at radius 3 is 2.38 bits per heavy atom. The van der Waals surface area contributed by atoms with E-state index < -0.39 is 0 Å². The molecule has 0 saturated carbocycles. The van der Waals surface area contributed by atoms with Crippen molar-refractivity contribution in [1.29, 1.82) is 0 Å². The number of benzene rings is 2. The number of halogens is 1. The molecule has 0 spiro atoms. The number of fused-ring (bicyclic) bond motifs is 1. The number of nitrogens with zero attached hydrogens (tertiary/aromatic N) is 1. The van der Waals surface area contributed by atoms with Gasteiger partial charge in [-0.3, -0.25) is 0 Å². The molecular formula is C18H17ClNS+. The lowest BCUT2D eigenvalue weighted by Gasteiger charge is -2.05. The Labute approximate surface area is 134 Å². The van der Waals surface area contributed by atoms with E-state index in [0.29, 0.717) is 0 Å². The lowest BCUT2D eigenvalue weighted by molar-refractivity contribution is -0.665. The van der Waals surface area contributed by atoms with Crippen LogP contribution in [0.2, 0.25) is 0 Å². The summed E-state index contributed by atoms with van der Waals surface area (Å²) in [5.41, 5.74) is 3.56. The minimum absolute atomic E-state index is 0.829. The van der Waals surface area contributed by atoms with E-state index in [9.17, 15) is 0 Å². The van der Waals surface area contributed by atoms with Gasteiger partial charge in [-0.2, -0.15) is 4.57 Å². The van der Waals surface area contributed by atoms with E-state index in [0.717, 1.165) is 17.2 Å². The topological polar surface area (TPSA) is 3.88 Å². The second kappa shape index (κ2) is 6.00. The van der Waals surface area contributed by atoms with Crippen molar-refractivity contribution in [2.45, 2.75) is 20.4 Å². The Hall–Kier alpha value is -1.64. The smallest absolute Gasteiger partial charge is 0.182 e. The van der Waals surface area contributed by atoms with E-state index in [-0.39, 0.29) is 0 Å². The zero-order valence-corrected chi connectivity index (χ0v) is 13.7. The summed E-state index contributed by atoms with van der Waals surface area (Å²) in [5.74, 6) is 0. The van der Waals surface area contributed by atoms with Gasteiger partial charge in [0.1, 0.15) is 11.2 Å². The molecule has 0 fully saturated rings. The van der Waals surface area contributed by atoms with E-state index in [1.54, 1.807) is 11.3 Å². The third-order valence-electron chi connectivity index (χ3n) is 3.54. The first kappa shape index (κ1) is 14.3. The number of rotatable bonds is 3. The minimum atomic E-state index is 0.829. The summed E-state index contributed by atoms with van der Waals surface area (Å²) >= 11 is 8.24. The first-order valence-electron chi connectivity index (χ1n) is 7.06. The van der Waals surface area contributed by atoms with Crippen molar-refractivity contribution in [3.63, 3.8) is 0 Å². The Bertz CT molecular complexity index is 798. The Balaban J connectivity index is 2.29. The van der Waals surface area contributed by atoms with Gasteiger partial charge < -0.3 is 0 Å². The number of thiazole rings is 1. The molecule has 0 aliphatic carbocycles. The van der Waals surface area contributed by atoms with E-state index >= 15 is 0 Å². The molecule has 0 amide bonds. The molecule has 1 nitrogen and oxygen atoms in total. The number of aryl methyl sites for hydroxylation is 1. The maximum Gasteiger partial charge on any atom is 0.271 e. The van der Waals surface area contributed by atoms with Gasteiger partial charge in [0.25, 0.3) is 5.01 Å². The van der Waals surface area contributed by atoms with Crippen LogP contribution in [0.4, 0.5) is 0 Å². The van der Waals surface area contributed by atoms with Crippen molar-refractivity contribution in [3.05, 3.63) is 70.2 Å². The summed E-state index contributed by atoms with van der Waals surface area (Å²) in [5, 5.41) is 2.05. The fraction of sp³-hybridized carbons (Fsp3) is 0.167. The highest BCUT2D eigenvalue weighted by Crippen LogP contribution is 2.33. The van der Waals surface area contributed by atoms with Crippen molar-refractivity contribution in [2.24, 2.45) is 0 Å². The summed E-state index contributed by atoms with van der Waals surface area (Å²) in [6.45, 7) is 5.07. The summed E-state index contributed by atoms with van der Waals surface area (Å²) < 4.78 is 3.63. The van der Waals surface area contributed by atoms with Crippen LogP contribution < -0.4 is 4.57 Å². The molecule has 0 unspecified atom stereocenters. The van der Waals surface area contributed by atoms with Gasteiger partial charge in [-0.05, 0) is 25.5 Å². The Morgan fingerprint density at radius 1 is 1.05 bits per heavy atom. The summed E-state index contributed by atoms with van der Waals surface area (Å²) in [4.78, 5) is 0. The first-order chi connectivity index (χ1) is 10.2. The third kappa shape index (κ3) is 2.61. The predicted octanol–water partition coefficient (Wildman–Crippen LogP) is 5.23. The lowest BCUT2D eigenvalue weighted by Crippen LogP contribution is -2.34. The van der Waals surface area contributed by atoms with Crippen LogP contribution in [0.15, 0.2) is 59.6 Å². The van der Waals surface area contributed by atoms with E-state index in [4.69, 9.17) is 11.6 Å². The van der Waals surface area contributed by atoms with Crippen LogP contribution in [-0.4, -0.2) is 0 Å². The Morgan fingerprint density at radius 2 is 1.71 bits per heavy atom. The van der Waals surface area contributed by atoms with Gasteiger partial charge in [-0.25, -0.2) is 0 Å². The average molecular weight is 315 g/mol. The van der Waals surface area contributed by atoms with Crippen LogP contribution in [-0.2, 0) is 6.54 Å². The zero-order valence-electron chi connectivity index (χ0n) is 12.1. The molecule has 3 rings (SSSR count). The quantitative estimate of drug-likeness (QED) is 0.583. The maximum atomic E-state index is 6.44. The van der Waals surface area contributed by atoms with Crippen LogP contribution in [0, 0.1) is 0 Å². The van der Waals surface area contributed by atoms with Gasteiger partial charge >= 0.3 is 0 Å². The van der Waals surface area contributed by atoms with Crippen molar-refractivity contribution in [2.75, 3.05) is 0 Å². The van der Waals surface area contributed by atoms with Crippen LogP contribution >= 0.6 is 22.9 Å². The van der Waals surface area contributed by atoms with Crippen molar-refractivity contribution < 1.29 is 4.57 Å². The summed E-state index contributed by atoms with van der Waals surface area (Å²) in [7, 11) is 0. The molecule has 0 saturated heterocycles. The fourth-order valence-corrected chi connectivity index (χ4v) is 4.21. The highest BCUT2D eigenvalue weighted by atomic mass is 35.5. The van der Waals surface area contributed by atoms with Gasteiger partial charge in [-0.15, -0.1) is 0 Å². The summed E-state index contributed by atoms with van der Waals surface area (Å²) in [6, 6.07) is 18.9. The third-order valence-corrected chi connectivity index (χ3v) is 4.92. The van der Waals surface area contributed by atoms with Gasteiger partial charge in [0, 0.05) is 11.1 Å². The molecule has 0 atom stereocenters. The van der Waals surface area contributed by atoms with Crippen LogP contribution in [0.5, 0.6) is 0 Å². The van der Waals surface area contributed by atoms with E-state index in [1.807, 2.05) is 13.0 Å². The van der Waals surface area contributed by atoms with E-state index in [2.05, 4.69) is 60.0 Å². The van der Waals surface area contributed by atoms with Crippen LogP contribution in [0.3, 0.4) is 0 Å². The molecule has 2 aromatic carbocycles. The monoisotopic (exact) mass is 314 g/mol. The predicted molar refractivity (Wildman–Crippen MR) is 91.7 cm³/mol. The second-order valence-electron chi connectivity index (χ2n) is 4.89. The largest absolute Gasteiger partial charge is 0.271 e. The molecular weight excluding hydrogens is 298 g/mol. The molecule has 0 N–H and O–H groups in total. The first-order valence-corrected chi connectivity index (χ1v) is 8.25. The summed E-state index contributed by atoms with van der Waals surface area (Å²) in [6.07, 6.45) is 0. The van der Waals surface area contributed by atoms with Gasteiger partial charge in [0.2, 0.25) is 5.52 Å². The molecule has 0 aliphatic rings. The molecule has 0 radical (unpaired) electrons. The van der Waals surface area contributed by atoms with Crippen molar-refractivity contribution in [3.8, 4) is 0 Å². The highest BCUT2D eigenvalue weighted by Gasteiger charge is 2.24. The molecule has 21 heavy (non-hydrogen) atoms. The average Bonchev–Trinajstić information content (AvgIpc) is 2.86. The van der Waals surface area contributed by atoms with E-state index in [1.165, 1.54) is 20.8 Å². The Kier molecular flexibility index (Phi) is 4.09. The normalized spacial score (nSPS) is 12.5. The number of allylic oxidation sites excluding steroid dienone is 1. The standard InChI is InChI=1S/C18H17ClNS/c1-3-20-15-11-7-8-12-16(15)21-18(20)17(13(2)19)14-9-5-4-6-10-14/h4-12H,3H2,1-2H3/q+1. The molecule has 1 heterocycles. The van der Waals surface area contributed by atoms with Crippen LogP contribution in [0.25, 0.3) is 15.8 Å². The molecule has 3 aromatic rings. The maximum absolute atomic E-state index is 6.44. The highest BCUT2D eigenvalue weighted by molar-refractivity contribution is 7.19. The second-order valence-corrected chi connectivity index (χ2v) is 6.49. The van der Waals surface area contributed by atoms with Gasteiger partial charge in [0.05, 0.1) is 5.57 Å². The van der Waals surface area contributed by atoms with Gasteiger partial charge in [0.15, 0.2) is 0 Å². The van der Waals surface area contributed by atoms with Crippen molar-refractivity contribution in [1.82, 2.24) is 0 Å².